The zero-order valence-electron chi connectivity index (χ0n) is 63.0. The third kappa shape index (κ3) is 16.8. The van der Waals surface area contributed by atoms with Crippen molar-refractivity contribution in [2.45, 2.75) is 39.8 Å². The van der Waals surface area contributed by atoms with Crippen molar-refractivity contribution < 1.29 is 28.1 Å². The molecular formula is C84H84Cl3FN20O5. The monoisotopic (exact) mass is 1580 g/mol. The van der Waals surface area contributed by atoms with Crippen LogP contribution in [0.15, 0.2) is 208 Å². The number of anilines is 5. The Balaban J connectivity index is 0.000000107. The molecule has 5 aliphatic heterocycles. The summed E-state index contributed by atoms with van der Waals surface area (Å²) in [6, 6.07) is 46.9. The van der Waals surface area contributed by atoms with Crippen molar-refractivity contribution in [1.29, 1.82) is 0 Å². The van der Waals surface area contributed by atoms with Gasteiger partial charge in [0.2, 0.25) is 0 Å². The Morgan fingerprint density at radius 1 is 0.345 bits per heavy atom. The van der Waals surface area contributed by atoms with E-state index in [0.717, 1.165) is 217 Å². The van der Waals surface area contributed by atoms with Gasteiger partial charge in [-0.05, 0) is 161 Å². The highest BCUT2D eigenvalue weighted by atomic mass is 35.5. The van der Waals surface area contributed by atoms with E-state index in [0.29, 0.717) is 40.0 Å². The maximum Gasteiger partial charge on any atom is 0.159 e. The molecule has 0 amide bonds. The van der Waals surface area contributed by atoms with Crippen molar-refractivity contribution in [2.75, 3.05) is 143 Å². The minimum atomic E-state index is -0.285. The molecule has 2 unspecified atom stereocenters. The first-order valence-electron chi connectivity index (χ1n) is 37.8. The summed E-state index contributed by atoms with van der Waals surface area (Å²) in [5.74, 6) is 4.52. The van der Waals surface area contributed by atoms with Crippen LogP contribution in [-0.4, -0.2) is 204 Å². The summed E-state index contributed by atoms with van der Waals surface area (Å²) in [4.78, 5) is 32.5. The summed E-state index contributed by atoms with van der Waals surface area (Å²) in [6.45, 7) is 22.3. The SMILES string of the molecule is CC1CN(c2nn(-c3ccc(Cl)cc3)c3cnccc23)CCO1.CC1COCCN1c1nn(-c2ccc(Cl)cc2)c2cnccc12.Cc1ccc(-n2nc(N3CCOCC3)c3ccncc32)c(F)c1.Cc1ccc(-n2nc(N3CCOCC3)c3ccncc32)cc1.Clc1ccc(-n2nc(N3CCOCC3)c3ccncc32)cc1. The molecule has 2 atom stereocenters. The van der Waals surface area contributed by atoms with Gasteiger partial charge in [0.15, 0.2) is 29.1 Å². The van der Waals surface area contributed by atoms with Gasteiger partial charge in [-0.15, -0.1) is 25.5 Å². The Morgan fingerprint density at radius 3 is 1.04 bits per heavy atom. The Kier molecular flexibility index (Phi) is 23.4. The first kappa shape index (κ1) is 75.8. The number of aromatic nitrogens is 15. The molecule has 0 saturated carbocycles. The van der Waals surface area contributed by atoms with Crippen LogP contribution in [0.2, 0.25) is 15.1 Å². The van der Waals surface area contributed by atoms with E-state index in [9.17, 15) is 4.39 Å². The number of benzene rings is 5. The van der Waals surface area contributed by atoms with Crippen LogP contribution in [0.4, 0.5) is 33.5 Å². The summed E-state index contributed by atoms with van der Waals surface area (Å²) >= 11 is 18.0. The van der Waals surface area contributed by atoms with Crippen molar-refractivity contribution in [2.24, 2.45) is 0 Å². The van der Waals surface area contributed by atoms with Crippen LogP contribution < -0.4 is 24.5 Å². The van der Waals surface area contributed by atoms with Gasteiger partial charge in [-0.1, -0.05) is 58.6 Å². The van der Waals surface area contributed by atoms with Crippen molar-refractivity contribution in [1.82, 2.24) is 73.8 Å². The lowest BCUT2D eigenvalue weighted by Crippen LogP contribution is -2.44. The lowest BCUT2D eigenvalue weighted by molar-refractivity contribution is 0.0530. The average Bonchev–Trinajstić information content (AvgIpc) is 1.65. The topological polar surface area (TPSA) is 216 Å². The van der Waals surface area contributed by atoms with Gasteiger partial charge in [0, 0.05) is 132 Å². The molecule has 5 aromatic carbocycles. The fraction of sp³-hybridized carbons (Fsp3) is 0.286. The number of fused-ring (bicyclic) bond motifs is 5. The number of morpholine rings is 5. The highest BCUT2D eigenvalue weighted by molar-refractivity contribution is 6.31. The molecule has 5 aliphatic rings. The minimum Gasteiger partial charge on any atom is -0.378 e. The molecule has 10 aromatic heterocycles. The van der Waals surface area contributed by atoms with Crippen LogP contribution in [0.1, 0.15) is 25.0 Å². The average molecular weight is 1580 g/mol. The molecule has 0 bridgehead atoms. The number of hydrogen-bond donors (Lipinski definition) is 0. The van der Waals surface area contributed by atoms with Gasteiger partial charge in [-0.2, -0.15) is 0 Å². The second-order valence-electron chi connectivity index (χ2n) is 27.9. The highest BCUT2D eigenvalue weighted by Crippen LogP contribution is 2.36. The van der Waals surface area contributed by atoms with Crippen LogP contribution in [0.5, 0.6) is 0 Å². The second-order valence-corrected chi connectivity index (χ2v) is 29.2. The van der Waals surface area contributed by atoms with Crippen LogP contribution in [0.3, 0.4) is 0 Å². The Bertz CT molecular complexity index is 5590. The van der Waals surface area contributed by atoms with Crippen LogP contribution in [0.25, 0.3) is 83.0 Å². The lowest BCUT2D eigenvalue weighted by atomic mass is 10.2. The summed E-state index contributed by atoms with van der Waals surface area (Å²) in [7, 11) is 0. The van der Waals surface area contributed by atoms with Gasteiger partial charge in [-0.3, -0.25) is 24.9 Å². The predicted octanol–water partition coefficient (Wildman–Crippen LogP) is 14.8. The molecule has 0 aliphatic carbocycles. The number of ether oxygens (including phenoxy) is 5. The number of halogens is 4. The van der Waals surface area contributed by atoms with Crippen molar-refractivity contribution in [3.05, 3.63) is 240 Å². The maximum absolute atomic E-state index is 14.4. The Morgan fingerprint density at radius 2 is 0.664 bits per heavy atom. The van der Waals surface area contributed by atoms with Gasteiger partial charge in [0.25, 0.3) is 0 Å². The molecule has 0 spiro atoms. The van der Waals surface area contributed by atoms with Crippen LogP contribution in [0, 0.1) is 19.7 Å². The minimum absolute atomic E-state index is 0.210. The van der Waals surface area contributed by atoms with Gasteiger partial charge in [0.05, 0.1) is 153 Å². The fourth-order valence-electron chi connectivity index (χ4n) is 14.4. The molecular weight excluding hydrogens is 1490 g/mol. The molecule has 25 nitrogen and oxygen atoms in total. The van der Waals surface area contributed by atoms with Gasteiger partial charge >= 0.3 is 0 Å². The summed E-state index contributed by atoms with van der Waals surface area (Å²) in [6.07, 6.45) is 18.4. The number of aryl methyl sites for hydroxylation is 2. The third-order valence-corrected chi connectivity index (χ3v) is 21.0. The number of nitrogens with zero attached hydrogens (tertiary/aromatic N) is 20. The van der Waals surface area contributed by atoms with E-state index in [-0.39, 0.29) is 11.9 Å². The summed E-state index contributed by atoms with van der Waals surface area (Å²) < 4.78 is 51.3. The lowest BCUT2D eigenvalue weighted by Gasteiger charge is -2.33. The van der Waals surface area contributed by atoms with E-state index in [1.807, 2.05) is 178 Å². The first-order chi connectivity index (χ1) is 55.3. The third-order valence-electron chi connectivity index (χ3n) is 20.3. The molecule has 0 radical (unpaired) electrons. The Labute approximate surface area is 667 Å². The molecule has 29 heteroatoms. The van der Waals surface area contributed by atoms with Gasteiger partial charge in [-0.25, -0.2) is 27.8 Å². The van der Waals surface area contributed by atoms with E-state index in [4.69, 9.17) is 78.9 Å². The van der Waals surface area contributed by atoms with Crippen molar-refractivity contribution in [3.8, 4) is 28.4 Å². The van der Waals surface area contributed by atoms with Gasteiger partial charge in [0.1, 0.15) is 11.5 Å². The zero-order valence-corrected chi connectivity index (χ0v) is 65.3. The van der Waals surface area contributed by atoms with E-state index < -0.39 is 0 Å². The molecule has 5 fully saturated rings. The standard InChI is InChI=1S/2C17H17ClN4O.C17H17FN4O.C17H18N4O.C16H15ClN4O/c1-12-11-23-9-8-21(12)17-15-6-7-19-10-16(15)22(20-17)14-4-2-13(18)3-5-14;1-12-11-21(8-9-23-12)17-15-6-7-19-10-16(15)22(20-17)14-4-2-13(18)3-5-14;1-12-2-3-15(14(18)10-12)22-16-11-19-5-4-13(16)17(20-22)21-6-8-23-9-7-21;1-13-2-4-14(5-3-13)21-16-12-18-7-6-15(16)17(19-21)20-8-10-22-11-9-20;17-12-1-3-13(4-2-12)21-15-11-18-6-5-14(15)16(19-21)20-7-9-22-10-8-20/h2*2-7,10,12H,8-9,11H2,1H3;2-5,10-11H,6-9H2,1H3;2-7,12H,8-11H2,1H3;1-6,11H,7-10H2. The molecule has 20 rings (SSSR count). The van der Waals surface area contributed by atoms with Crippen LogP contribution >= 0.6 is 34.8 Å². The predicted molar refractivity (Wildman–Crippen MR) is 443 cm³/mol. The molecule has 578 valence electrons. The smallest absolute Gasteiger partial charge is 0.159 e. The largest absolute Gasteiger partial charge is 0.378 e. The normalized spacial score (nSPS) is 16.7. The maximum atomic E-state index is 14.4. The van der Waals surface area contributed by atoms with Crippen molar-refractivity contribution in [3.63, 3.8) is 0 Å². The number of rotatable bonds is 10. The van der Waals surface area contributed by atoms with E-state index in [1.54, 1.807) is 29.3 Å². The highest BCUT2D eigenvalue weighted by Gasteiger charge is 2.28. The second kappa shape index (κ2) is 34.8. The molecule has 15 aromatic rings. The summed E-state index contributed by atoms with van der Waals surface area (Å²) in [5.41, 5.74) is 11.3. The van der Waals surface area contributed by atoms with E-state index >= 15 is 0 Å². The number of pyridine rings is 5. The first-order valence-corrected chi connectivity index (χ1v) is 38.9. The quantitative estimate of drug-likeness (QED) is 0.124. The van der Waals surface area contributed by atoms with E-state index in [2.05, 4.69) is 99.6 Å². The molecule has 113 heavy (non-hydrogen) atoms. The van der Waals surface area contributed by atoms with E-state index in [1.165, 1.54) is 11.6 Å². The van der Waals surface area contributed by atoms with Gasteiger partial charge < -0.3 is 48.2 Å². The molecule has 15 heterocycles. The van der Waals surface area contributed by atoms with Crippen LogP contribution in [-0.2, 0) is 23.7 Å². The fourth-order valence-corrected chi connectivity index (χ4v) is 14.8. The Hall–Kier alpha value is -11.2. The zero-order chi connectivity index (χ0) is 77.3. The van der Waals surface area contributed by atoms with Crippen molar-refractivity contribution >= 4 is 118 Å². The summed E-state index contributed by atoms with van der Waals surface area (Å²) in [5, 5.41) is 31.6. The number of hydrogen-bond acceptors (Lipinski definition) is 20. The molecule has 5 saturated heterocycles. The molecule has 0 N–H and O–H groups in total.